The summed E-state index contributed by atoms with van der Waals surface area (Å²) in [6, 6.07) is 7.67. The minimum atomic E-state index is -0.0785. The van der Waals surface area contributed by atoms with Gasteiger partial charge in [-0.3, -0.25) is 4.79 Å². The Morgan fingerprint density at radius 1 is 1.32 bits per heavy atom. The lowest BCUT2D eigenvalue weighted by molar-refractivity contribution is 0.0694. The van der Waals surface area contributed by atoms with Gasteiger partial charge in [0, 0.05) is 30.1 Å². The first-order chi connectivity index (χ1) is 12.1. The highest BCUT2D eigenvalue weighted by atomic mass is 35.5. The monoisotopic (exact) mass is 360 g/mol. The number of hydrogen-bond acceptors (Lipinski definition) is 4. The van der Waals surface area contributed by atoms with Crippen molar-refractivity contribution in [3.05, 3.63) is 40.9 Å². The van der Waals surface area contributed by atoms with Crippen LogP contribution in [0.2, 0.25) is 5.02 Å². The Bertz CT molecular complexity index is 764. The Labute approximate surface area is 151 Å². The molecular formula is C18H21ClN4O2. The molecule has 2 aliphatic rings. The summed E-state index contributed by atoms with van der Waals surface area (Å²) in [5, 5.41) is 5.12. The quantitative estimate of drug-likeness (QED) is 0.822. The molecule has 0 bridgehead atoms. The number of hydrogen-bond donors (Lipinski definition) is 0. The van der Waals surface area contributed by atoms with Crippen LogP contribution in [0.25, 0.3) is 5.69 Å². The van der Waals surface area contributed by atoms with Gasteiger partial charge >= 0.3 is 0 Å². The number of aromatic nitrogens is 3. The van der Waals surface area contributed by atoms with E-state index in [1.165, 1.54) is 0 Å². The zero-order chi connectivity index (χ0) is 17.4. The van der Waals surface area contributed by atoms with Gasteiger partial charge in [-0.15, -0.1) is 5.10 Å². The van der Waals surface area contributed by atoms with Crippen LogP contribution in [0.3, 0.4) is 0 Å². The summed E-state index contributed by atoms with van der Waals surface area (Å²) in [4.78, 5) is 19.3. The molecule has 25 heavy (non-hydrogen) atoms. The molecule has 1 atom stereocenters. The molecular weight excluding hydrogens is 340 g/mol. The van der Waals surface area contributed by atoms with Crippen molar-refractivity contribution in [3.63, 3.8) is 0 Å². The molecule has 1 saturated heterocycles. The van der Waals surface area contributed by atoms with Crippen molar-refractivity contribution in [2.75, 3.05) is 19.8 Å². The Morgan fingerprint density at radius 3 is 2.72 bits per heavy atom. The molecule has 1 aliphatic heterocycles. The topological polar surface area (TPSA) is 60.3 Å². The van der Waals surface area contributed by atoms with Gasteiger partial charge in [-0.1, -0.05) is 11.6 Å². The number of ether oxygens (including phenoxy) is 1. The van der Waals surface area contributed by atoms with Crippen LogP contribution in [-0.2, 0) is 4.74 Å². The van der Waals surface area contributed by atoms with Crippen molar-refractivity contribution in [2.24, 2.45) is 5.92 Å². The summed E-state index contributed by atoms with van der Waals surface area (Å²) in [6.45, 7) is 4.12. The van der Waals surface area contributed by atoms with Crippen molar-refractivity contribution in [2.45, 2.75) is 32.2 Å². The van der Waals surface area contributed by atoms with Gasteiger partial charge in [0.15, 0.2) is 0 Å². The number of benzene rings is 1. The Morgan fingerprint density at radius 2 is 2.08 bits per heavy atom. The lowest BCUT2D eigenvalue weighted by atomic mass is 10.1. The summed E-state index contributed by atoms with van der Waals surface area (Å²) < 4.78 is 7.14. The SMILES string of the molecule is Cc1nc(C(=O)N(CC2CCOC2)C2CC2)nn1-c1ccc(Cl)cc1. The zero-order valence-corrected chi connectivity index (χ0v) is 14.9. The number of carbonyl (C=O) groups is 1. The van der Waals surface area contributed by atoms with Crippen LogP contribution in [-0.4, -0.2) is 51.4 Å². The molecule has 4 rings (SSSR count). The molecule has 1 saturated carbocycles. The fraction of sp³-hybridized carbons (Fsp3) is 0.500. The van der Waals surface area contributed by atoms with Crippen molar-refractivity contribution >= 4 is 17.5 Å². The van der Waals surface area contributed by atoms with Crippen LogP contribution in [0.5, 0.6) is 0 Å². The molecule has 2 fully saturated rings. The van der Waals surface area contributed by atoms with E-state index in [0.29, 0.717) is 22.8 Å². The van der Waals surface area contributed by atoms with Gasteiger partial charge in [-0.2, -0.15) is 0 Å². The molecule has 2 heterocycles. The van der Waals surface area contributed by atoms with E-state index >= 15 is 0 Å². The van der Waals surface area contributed by atoms with Gasteiger partial charge in [0.2, 0.25) is 5.82 Å². The summed E-state index contributed by atoms with van der Waals surface area (Å²) in [7, 11) is 0. The number of nitrogens with zero attached hydrogens (tertiary/aromatic N) is 4. The molecule has 2 aromatic rings. The van der Waals surface area contributed by atoms with E-state index in [2.05, 4.69) is 10.1 Å². The second kappa shape index (κ2) is 6.77. The lowest BCUT2D eigenvalue weighted by Crippen LogP contribution is -2.38. The third kappa shape index (κ3) is 3.55. The maximum Gasteiger partial charge on any atom is 0.293 e. The van der Waals surface area contributed by atoms with Crippen LogP contribution in [0.4, 0.5) is 0 Å². The number of rotatable bonds is 5. The van der Waals surface area contributed by atoms with Crippen molar-refractivity contribution in [1.82, 2.24) is 19.7 Å². The first kappa shape index (κ1) is 16.5. The van der Waals surface area contributed by atoms with Crippen LogP contribution < -0.4 is 0 Å². The summed E-state index contributed by atoms with van der Waals surface area (Å²) in [5.41, 5.74) is 0.843. The molecule has 132 valence electrons. The van der Waals surface area contributed by atoms with Gasteiger partial charge < -0.3 is 9.64 Å². The van der Waals surface area contributed by atoms with Crippen LogP contribution in [0.1, 0.15) is 35.7 Å². The second-order valence-electron chi connectivity index (χ2n) is 6.79. The number of aryl methyl sites for hydroxylation is 1. The van der Waals surface area contributed by atoms with E-state index < -0.39 is 0 Å². The second-order valence-corrected chi connectivity index (χ2v) is 7.23. The Balaban J connectivity index is 1.56. The normalized spacial score (nSPS) is 20.0. The fourth-order valence-electron chi connectivity index (χ4n) is 3.23. The predicted octanol–water partition coefficient (Wildman–Crippen LogP) is 2.87. The van der Waals surface area contributed by atoms with Gasteiger partial charge in [-0.25, -0.2) is 9.67 Å². The van der Waals surface area contributed by atoms with Crippen LogP contribution >= 0.6 is 11.6 Å². The number of carbonyl (C=O) groups excluding carboxylic acids is 1. The third-order valence-electron chi connectivity index (χ3n) is 4.76. The molecule has 1 aromatic carbocycles. The van der Waals surface area contributed by atoms with Gasteiger partial charge in [0.05, 0.1) is 12.3 Å². The average Bonchev–Trinajstić information content (AvgIpc) is 3.17. The van der Waals surface area contributed by atoms with Crippen molar-refractivity contribution in [1.29, 1.82) is 0 Å². The molecule has 0 N–H and O–H groups in total. The molecule has 0 radical (unpaired) electrons. The predicted molar refractivity (Wildman–Crippen MR) is 94.1 cm³/mol. The smallest absolute Gasteiger partial charge is 0.293 e. The highest BCUT2D eigenvalue weighted by Gasteiger charge is 2.36. The Hall–Kier alpha value is -1.92. The number of amides is 1. The van der Waals surface area contributed by atoms with Gasteiger partial charge in [-0.05, 0) is 50.5 Å². The summed E-state index contributed by atoms with van der Waals surface area (Å²) >= 11 is 5.94. The summed E-state index contributed by atoms with van der Waals surface area (Å²) in [6.07, 6.45) is 3.15. The van der Waals surface area contributed by atoms with Gasteiger partial charge in [0.25, 0.3) is 5.91 Å². The standard InChI is InChI=1S/C18H21ClN4O2/c1-12-20-17(21-23(12)16-4-2-14(19)3-5-16)18(24)22(15-6-7-15)10-13-8-9-25-11-13/h2-5,13,15H,6-11H2,1H3. The highest BCUT2D eigenvalue weighted by molar-refractivity contribution is 6.30. The minimum Gasteiger partial charge on any atom is -0.381 e. The summed E-state index contributed by atoms with van der Waals surface area (Å²) in [5.74, 6) is 1.29. The van der Waals surface area contributed by atoms with E-state index in [4.69, 9.17) is 16.3 Å². The average molecular weight is 361 g/mol. The van der Waals surface area contributed by atoms with E-state index in [1.54, 1.807) is 16.8 Å². The van der Waals surface area contributed by atoms with E-state index in [1.807, 2.05) is 24.0 Å². The fourth-order valence-corrected chi connectivity index (χ4v) is 3.35. The maximum absolute atomic E-state index is 13.0. The molecule has 7 heteroatoms. The van der Waals surface area contributed by atoms with Crippen LogP contribution in [0, 0.1) is 12.8 Å². The van der Waals surface area contributed by atoms with Crippen molar-refractivity contribution < 1.29 is 9.53 Å². The zero-order valence-electron chi connectivity index (χ0n) is 14.2. The Kier molecular flexibility index (Phi) is 4.48. The number of halogens is 1. The molecule has 1 aromatic heterocycles. The first-order valence-electron chi connectivity index (χ1n) is 8.70. The van der Waals surface area contributed by atoms with E-state index in [-0.39, 0.29) is 11.7 Å². The molecule has 1 unspecified atom stereocenters. The van der Waals surface area contributed by atoms with Gasteiger partial charge in [0.1, 0.15) is 5.82 Å². The largest absolute Gasteiger partial charge is 0.381 e. The van der Waals surface area contributed by atoms with Crippen LogP contribution in [0.15, 0.2) is 24.3 Å². The molecule has 1 amide bonds. The first-order valence-corrected chi connectivity index (χ1v) is 9.08. The third-order valence-corrected chi connectivity index (χ3v) is 5.01. The van der Waals surface area contributed by atoms with E-state index in [0.717, 1.165) is 44.7 Å². The molecule has 6 nitrogen and oxygen atoms in total. The highest BCUT2D eigenvalue weighted by Crippen LogP contribution is 2.30. The van der Waals surface area contributed by atoms with E-state index in [9.17, 15) is 4.79 Å². The van der Waals surface area contributed by atoms with Crippen molar-refractivity contribution in [3.8, 4) is 5.69 Å². The molecule has 1 aliphatic carbocycles. The minimum absolute atomic E-state index is 0.0785. The molecule has 0 spiro atoms. The lowest BCUT2D eigenvalue weighted by Gasteiger charge is -2.23. The maximum atomic E-state index is 13.0.